The number of benzene rings is 2. The van der Waals surface area contributed by atoms with Crippen LogP contribution in [-0.4, -0.2) is 19.6 Å². The average Bonchev–Trinajstić information content (AvgIpc) is 2.54. The van der Waals surface area contributed by atoms with E-state index in [0.29, 0.717) is 6.54 Å². The molecule has 116 valence electrons. The fourth-order valence-electron chi connectivity index (χ4n) is 2.37. The molecule has 0 fully saturated rings. The van der Waals surface area contributed by atoms with Crippen LogP contribution in [0.3, 0.4) is 0 Å². The molecule has 0 saturated heterocycles. The maximum atomic E-state index is 12.1. The van der Waals surface area contributed by atoms with Crippen molar-refractivity contribution in [2.75, 3.05) is 13.7 Å². The zero-order valence-electron chi connectivity index (χ0n) is 13.5. The van der Waals surface area contributed by atoms with Gasteiger partial charge in [-0.25, -0.2) is 0 Å². The number of ether oxygens (including phenoxy) is 1. The fourth-order valence-corrected chi connectivity index (χ4v) is 2.37. The van der Waals surface area contributed by atoms with E-state index >= 15 is 0 Å². The van der Waals surface area contributed by atoms with Gasteiger partial charge in [0.2, 0.25) is 0 Å². The van der Waals surface area contributed by atoms with Gasteiger partial charge >= 0.3 is 0 Å². The molecule has 0 bridgehead atoms. The number of nitrogens with one attached hydrogen (secondary N) is 1. The Morgan fingerprint density at radius 2 is 1.86 bits per heavy atom. The number of hydrogen-bond acceptors (Lipinski definition) is 2. The molecule has 0 atom stereocenters. The summed E-state index contributed by atoms with van der Waals surface area (Å²) in [7, 11) is 1.68. The summed E-state index contributed by atoms with van der Waals surface area (Å²) in [6, 6.07) is 13.8. The Kier molecular flexibility index (Phi) is 5.59. The summed E-state index contributed by atoms with van der Waals surface area (Å²) in [6.45, 7) is 4.72. The highest BCUT2D eigenvalue weighted by Gasteiger charge is 2.06. The van der Waals surface area contributed by atoms with Gasteiger partial charge in [-0.2, -0.15) is 0 Å². The summed E-state index contributed by atoms with van der Waals surface area (Å²) in [5.41, 5.74) is 4.24. The van der Waals surface area contributed by atoms with Crippen LogP contribution in [0, 0.1) is 13.8 Å². The molecular weight excluding hydrogens is 274 g/mol. The van der Waals surface area contributed by atoms with Gasteiger partial charge in [0.15, 0.2) is 0 Å². The van der Waals surface area contributed by atoms with Crippen molar-refractivity contribution >= 4 is 5.91 Å². The molecule has 0 saturated carbocycles. The van der Waals surface area contributed by atoms with E-state index in [0.717, 1.165) is 29.7 Å². The van der Waals surface area contributed by atoms with Gasteiger partial charge < -0.3 is 10.1 Å². The molecule has 0 aliphatic heterocycles. The third kappa shape index (κ3) is 4.10. The predicted molar refractivity (Wildman–Crippen MR) is 89.6 cm³/mol. The van der Waals surface area contributed by atoms with Crippen LogP contribution < -0.4 is 10.1 Å². The van der Waals surface area contributed by atoms with E-state index in [1.54, 1.807) is 7.11 Å². The number of aryl methyl sites for hydroxylation is 3. The van der Waals surface area contributed by atoms with Gasteiger partial charge in [-0.15, -0.1) is 0 Å². The van der Waals surface area contributed by atoms with E-state index in [2.05, 4.69) is 11.4 Å². The SMILES string of the molecule is COc1ccccc1CCCNC(=O)c1ccc(C)c(C)c1. The van der Waals surface area contributed by atoms with Gasteiger partial charge in [0.05, 0.1) is 7.11 Å². The molecule has 0 heterocycles. The second kappa shape index (κ2) is 7.64. The number of amides is 1. The molecule has 0 aromatic heterocycles. The second-order valence-electron chi connectivity index (χ2n) is 5.47. The Hall–Kier alpha value is -2.29. The molecule has 0 spiro atoms. The van der Waals surface area contributed by atoms with E-state index < -0.39 is 0 Å². The van der Waals surface area contributed by atoms with Crippen LogP contribution in [0.25, 0.3) is 0 Å². The first-order valence-electron chi connectivity index (χ1n) is 7.59. The molecule has 3 nitrogen and oxygen atoms in total. The maximum Gasteiger partial charge on any atom is 0.251 e. The lowest BCUT2D eigenvalue weighted by Crippen LogP contribution is -2.24. The number of carbonyl (C=O) groups is 1. The fraction of sp³-hybridized carbons (Fsp3) is 0.316. The molecule has 3 heteroatoms. The van der Waals surface area contributed by atoms with Gasteiger partial charge in [0, 0.05) is 12.1 Å². The first-order valence-corrected chi connectivity index (χ1v) is 7.59. The van der Waals surface area contributed by atoms with Gasteiger partial charge in [0.1, 0.15) is 5.75 Å². The highest BCUT2D eigenvalue weighted by atomic mass is 16.5. The lowest BCUT2D eigenvalue weighted by molar-refractivity contribution is 0.0953. The van der Waals surface area contributed by atoms with Crippen molar-refractivity contribution in [1.82, 2.24) is 5.32 Å². The molecule has 0 aliphatic rings. The minimum Gasteiger partial charge on any atom is -0.496 e. The number of methoxy groups -OCH3 is 1. The Bertz CT molecular complexity index is 650. The molecule has 0 unspecified atom stereocenters. The van der Waals surface area contributed by atoms with Crippen molar-refractivity contribution in [1.29, 1.82) is 0 Å². The molecular formula is C19H23NO2. The first kappa shape index (κ1) is 16.1. The van der Waals surface area contributed by atoms with Crippen LogP contribution >= 0.6 is 0 Å². The topological polar surface area (TPSA) is 38.3 Å². The lowest BCUT2D eigenvalue weighted by atomic mass is 10.1. The molecule has 2 aromatic carbocycles. The lowest BCUT2D eigenvalue weighted by Gasteiger charge is -2.09. The summed E-state index contributed by atoms with van der Waals surface area (Å²) in [6.07, 6.45) is 1.77. The van der Waals surface area contributed by atoms with Crippen molar-refractivity contribution in [2.45, 2.75) is 26.7 Å². The molecule has 22 heavy (non-hydrogen) atoms. The molecule has 1 N–H and O–H groups in total. The standard InChI is InChI=1S/C19H23NO2/c1-14-10-11-17(13-15(14)2)19(21)20-12-6-8-16-7-4-5-9-18(16)22-3/h4-5,7,9-11,13H,6,8,12H2,1-3H3,(H,20,21). The highest BCUT2D eigenvalue weighted by Crippen LogP contribution is 2.18. The number of rotatable bonds is 6. The average molecular weight is 297 g/mol. The van der Waals surface area contributed by atoms with E-state index in [1.807, 2.05) is 50.2 Å². The molecule has 2 rings (SSSR count). The maximum absolute atomic E-state index is 12.1. The zero-order valence-corrected chi connectivity index (χ0v) is 13.5. The number of para-hydroxylation sites is 1. The molecule has 0 radical (unpaired) electrons. The van der Waals surface area contributed by atoms with Crippen LogP contribution in [0.4, 0.5) is 0 Å². The molecule has 2 aromatic rings. The Balaban J connectivity index is 1.83. The Morgan fingerprint density at radius 3 is 2.59 bits per heavy atom. The normalized spacial score (nSPS) is 10.3. The van der Waals surface area contributed by atoms with Crippen molar-refractivity contribution in [3.05, 3.63) is 64.7 Å². The van der Waals surface area contributed by atoms with Crippen LogP contribution in [0.5, 0.6) is 5.75 Å². The Labute approximate surface area is 132 Å². The van der Waals surface area contributed by atoms with Gasteiger partial charge in [-0.05, 0) is 61.6 Å². The van der Waals surface area contributed by atoms with Gasteiger partial charge in [-0.1, -0.05) is 24.3 Å². The minimum absolute atomic E-state index is 0.0110. The summed E-state index contributed by atoms with van der Waals surface area (Å²) in [5, 5.41) is 2.97. The summed E-state index contributed by atoms with van der Waals surface area (Å²) in [4.78, 5) is 12.1. The summed E-state index contributed by atoms with van der Waals surface area (Å²) in [5.74, 6) is 0.895. The van der Waals surface area contributed by atoms with Crippen molar-refractivity contribution in [3.8, 4) is 5.75 Å². The van der Waals surface area contributed by atoms with Crippen molar-refractivity contribution < 1.29 is 9.53 Å². The van der Waals surface area contributed by atoms with Crippen molar-refractivity contribution in [3.63, 3.8) is 0 Å². The summed E-state index contributed by atoms with van der Waals surface area (Å²) < 4.78 is 5.33. The van der Waals surface area contributed by atoms with Crippen LogP contribution in [0.1, 0.15) is 33.5 Å². The quantitative estimate of drug-likeness (QED) is 0.826. The van der Waals surface area contributed by atoms with Crippen molar-refractivity contribution in [2.24, 2.45) is 0 Å². The van der Waals surface area contributed by atoms with E-state index in [1.165, 1.54) is 11.1 Å². The van der Waals surface area contributed by atoms with Crippen LogP contribution in [-0.2, 0) is 6.42 Å². The second-order valence-corrected chi connectivity index (χ2v) is 5.47. The van der Waals surface area contributed by atoms with Crippen LogP contribution in [0.15, 0.2) is 42.5 Å². The number of hydrogen-bond donors (Lipinski definition) is 1. The highest BCUT2D eigenvalue weighted by molar-refractivity contribution is 5.94. The largest absolute Gasteiger partial charge is 0.496 e. The summed E-state index contributed by atoms with van der Waals surface area (Å²) >= 11 is 0. The van der Waals surface area contributed by atoms with E-state index in [9.17, 15) is 4.79 Å². The predicted octanol–water partition coefficient (Wildman–Crippen LogP) is 3.67. The minimum atomic E-state index is -0.0110. The Morgan fingerprint density at radius 1 is 1.09 bits per heavy atom. The third-order valence-electron chi connectivity index (χ3n) is 3.87. The third-order valence-corrected chi connectivity index (χ3v) is 3.87. The monoisotopic (exact) mass is 297 g/mol. The van der Waals surface area contributed by atoms with E-state index in [4.69, 9.17) is 4.74 Å². The smallest absolute Gasteiger partial charge is 0.251 e. The zero-order chi connectivity index (χ0) is 15.9. The molecule has 1 amide bonds. The first-order chi connectivity index (χ1) is 10.6. The molecule has 0 aliphatic carbocycles. The number of carbonyl (C=O) groups excluding carboxylic acids is 1. The van der Waals surface area contributed by atoms with Gasteiger partial charge in [-0.3, -0.25) is 4.79 Å². The van der Waals surface area contributed by atoms with Gasteiger partial charge in [0.25, 0.3) is 5.91 Å². The van der Waals surface area contributed by atoms with Crippen LogP contribution in [0.2, 0.25) is 0 Å². The van der Waals surface area contributed by atoms with E-state index in [-0.39, 0.29) is 5.91 Å².